The van der Waals surface area contributed by atoms with Crippen LogP contribution in [-0.2, 0) is 9.53 Å². The molecule has 2 unspecified atom stereocenters. The van der Waals surface area contributed by atoms with Crippen LogP contribution in [0.3, 0.4) is 0 Å². The summed E-state index contributed by atoms with van der Waals surface area (Å²) in [5, 5.41) is 10.4. The van der Waals surface area contributed by atoms with E-state index in [1.54, 1.807) is 13.8 Å². The molecule has 1 N–H and O–H groups in total. The minimum absolute atomic E-state index is 0.245. The lowest BCUT2D eigenvalue weighted by Gasteiger charge is -2.38. The largest absolute Gasteiger partial charge is 0.428 e. The zero-order valence-corrected chi connectivity index (χ0v) is 11.6. The molecule has 0 aromatic heterocycles. The molecule has 0 bridgehead atoms. The molecule has 0 radical (unpaired) electrons. The lowest BCUT2D eigenvalue weighted by molar-refractivity contribution is -0.230. The van der Waals surface area contributed by atoms with Gasteiger partial charge in [0, 0.05) is 12.0 Å². The molecular formula is C13H25NO3. The minimum Gasteiger partial charge on any atom is -0.428 e. The summed E-state index contributed by atoms with van der Waals surface area (Å²) in [4.78, 5) is 13.6. The van der Waals surface area contributed by atoms with Crippen molar-refractivity contribution in [3.8, 4) is 0 Å². The van der Waals surface area contributed by atoms with Gasteiger partial charge >= 0.3 is 5.97 Å². The number of aliphatic hydroxyl groups is 1. The van der Waals surface area contributed by atoms with Crippen molar-refractivity contribution < 1.29 is 14.6 Å². The first-order valence-corrected chi connectivity index (χ1v) is 6.17. The Kier molecular flexibility index (Phi) is 6.42. The van der Waals surface area contributed by atoms with Crippen LogP contribution in [-0.4, -0.2) is 40.9 Å². The first-order chi connectivity index (χ1) is 7.82. The SMILES string of the molecule is C=C(C)C(=O)OC(O)(CC)C(C)N(CC)CC. The third-order valence-electron chi connectivity index (χ3n) is 3.14. The third-order valence-corrected chi connectivity index (χ3v) is 3.14. The second-order valence-corrected chi connectivity index (χ2v) is 4.27. The number of hydrogen-bond donors (Lipinski definition) is 1. The number of nitrogens with zero attached hydrogens (tertiary/aromatic N) is 1. The Morgan fingerprint density at radius 1 is 1.41 bits per heavy atom. The van der Waals surface area contributed by atoms with Gasteiger partial charge in [0.05, 0.1) is 6.04 Å². The van der Waals surface area contributed by atoms with Crippen LogP contribution in [0.1, 0.15) is 41.0 Å². The second-order valence-electron chi connectivity index (χ2n) is 4.27. The summed E-state index contributed by atoms with van der Waals surface area (Å²) in [5.41, 5.74) is 0.295. The number of likely N-dealkylation sites (N-methyl/N-ethyl adjacent to an activating group) is 1. The lowest BCUT2D eigenvalue weighted by Crippen LogP contribution is -2.53. The van der Waals surface area contributed by atoms with Gasteiger partial charge in [-0.1, -0.05) is 27.4 Å². The van der Waals surface area contributed by atoms with E-state index in [2.05, 4.69) is 11.5 Å². The predicted molar refractivity (Wildman–Crippen MR) is 68.5 cm³/mol. The average molecular weight is 243 g/mol. The Morgan fingerprint density at radius 2 is 1.88 bits per heavy atom. The van der Waals surface area contributed by atoms with Gasteiger partial charge in [0.2, 0.25) is 5.79 Å². The van der Waals surface area contributed by atoms with Crippen LogP contribution in [0, 0.1) is 0 Å². The molecular weight excluding hydrogens is 218 g/mol. The molecule has 0 heterocycles. The van der Waals surface area contributed by atoms with Gasteiger partial charge in [-0.25, -0.2) is 4.79 Å². The van der Waals surface area contributed by atoms with E-state index < -0.39 is 11.8 Å². The summed E-state index contributed by atoms with van der Waals surface area (Å²) in [7, 11) is 0. The smallest absolute Gasteiger partial charge is 0.335 e. The maximum absolute atomic E-state index is 11.5. The quantitative estimate of drug-likeness (QED) is 0.422. The van der Waals surface area contributed by atoms with Crippen molar-refractivity contribution in [2.24, 2.45) is 0 Å². The van der Waals surface area contributed by atoms with Gasteiger partial charge in [-0.2, -0.15) is 0 Å². The van der Waals surface area contributed by atoms with E-state index in [-0.39, 0.29) is 6.04 Å². The molecule has 0 saturated heterocycles. The second kappa shape index (κ2) is 6.77. The van der Waals surface area contributed by atoms with Crippen LogP contribution in [0.2, 0.25) is 0 Å². The fourth-order valence-corrected chi connectivity index (χ4v) is 1.76. The third kappa shape index (κ3) is 4.13. The number of esters is 1. The van der Waals surface area contributed by atoms with Gasteiger partial charge in [-0.15, -0.1) is 0 Å². The molecule has 0 aliphatic heterocycles. The topological polar surface area (TPSA) is 49.8 Å². The summed E-state index contributed by atoms with van der Waals surface area (Å²) >= 11 is 0. The molecule has 0 aromatic rings. The van der Waals surface area contributed by atoms with Crippen LogP contribution >= 0.6 is 0 Å². The molecule has 0 aliphatic carbocycles. The highest BCUT2D eigenvalue weighted by atomic mass is 16.7. The Balaban J connectivity index is 4.87. The standard InChI is InChI=1S/C13H25NO3/c1-7-13(16,17-12(15)10(4)5)11(6)14(8-2)9-3/h11,16H,4,7-9H2,1-3,5-6H3. The summed E-state index contributed by atoms with van der Waals surface area (Å²) in [6, 6.07) is -0.245. The molecule has 17 heavy (non-hydrogen) atoms. The van der Waals surface area contributed by atoms with Crippen molar-refractivity contribution >= 4 is 5.97 Å². The van der Waals surface area contributed by atoms with Crippen molar-refractivity contribution in [1.29, 1.82) is 0 Å². The molecule has 0 aromatic carbocycles. The van der Waals surface area contributed by atoms with E-state index in [0.717, 1.165) is 13.1 Å². The Bertz CT molecular complexity index is 274. The van der Waals surface area contributed by atoms with E-state index in [4.69, 9.17) is 4.74 Å². The van der Waals surface area contributed by atoms with Crippen molar-refractivity contribution in [2.75, 3.05) is 13.1 Å². The van der Waals surface area contributed by atoms with Gasteiger partial charge in [0.15, 0.2) is 0 Å². The molecule has 0 fully saturated rings. The first-order valence-electron chi connectivity index (χ1n) is 6.17. The van der Waals surface area contributed by atoms with Crippen LogP contribution in [0.4, 0.5) is 0 Å². The first kappa shape index (κ1) is 16.1. The van der Waals surface area contributed by atoms with Gasteiger partial charge < -0.3 is 9.84 Å². The maximum atomic E-state index is 11.5. The summed E-state index contributed by atoms with van der Waals surface area (Å²) in [6.07, 6.45) is 0.351. The van der Waals surface area contributed by atoms with Crippen LogP contribution in [0.15, 0.2) is 12.2 Å². The Hall–Kier alpha value is -0.870. The zero-order chi connectivity index (χ0) is 13.6. The minimum atomic E-state index is -1.46. The highest BCUT2D eigenvalue weighted by Crippen LogP contribution is 2.23. The molecule has 4 nitrogen and oxygen atoms in total. The lowest BCUT2D eigenvalue weighted by atomic mass is 10.0. The van der Waals surface area contributed by atoms with Crippen LogP contribution in [0.25, 0.3) is 0 Å². The highest BCUT2D eigenvalue weighted by molar-refractivity contribution is 5.87. The van der Waals surface area contributed by atoms with E-state index in [1.165, 1.54) is 0 Å². The number of carbonyl (C=O) groups excluding carboxylic acids is 1. The fourth-order valence-electron chi connectivity index (χ4n) is 1.76. The summed E-state index contributed by atoms with van der Waals surface area (Å²) < 4.78 is 5.17. The molecule has 0 rings (SSSR count). The average Bonchev–Trinajstić information content (AvgIpc) is 2.29. The highest BCUT2D eigenvalue weighted by Gasteiger charge is 2.38. The maximum Gasteiger partial charge on any atom is 0.335 e. The van der Waals surface area contributed by atoms with Crippen molar-refractivity contribution in [3.63, 3.8) is 0 Å². The Labute approximate surface area is 104 Å². The Morgan fingerprint density at radius 3 is 2.18 bits per heavy atom. The zero-order valence-electron chi connectivity index (χ0n) is 11.6. The van der Waals surface area contributed by atoms with Crippen molar-refractivity contribution in [1.82, 2.24) is 4.90 Å². The molecule has 100 valence electrons. The summed E-state index contributed by atoms with van der Waals surface area (Å²) in [6.45, 7) is 14.4. The molecule has 0 saturated carbocycles. The molecule has 0 spiro atoms. The van der Waals surface area contributed by atoms with Crippen molar-refractivity contribution in [2.45, 2.75) is 52.9 Å². The van der Waals surface area contributed by atoms with Gasteiger partial charge in [0.25, 0.3) is 0 Å². The predicted octanol–water partition coefficient (Wildman–Crippen LogP) is 1.93. The molecule has 2 atom stereocenters. The number of ether oxygens (including phenoxy) is 1. The van der Waals surface area contributed by atoms with E-state index in [9.17, 15) is 9.90 Å². The fraction of sp³-hybridized carbons (Fsp3) is 0.769. The monoisotopic (exact) mass is 243 g/mol. The number of carbonyl (C=O) groups is 1. The molecule has 0 aliphatic rings. The van der Waals surface area contributed by atoms with Crippen molar-refractivity contribution in [3.05, 3.63) is 12.2 Å². The number of rotatable bonds is 7. The van der Waals surface area contributed by atoms with Crippen LogP contribution < -0.4 is 0 Å². The van der Waals surface area contributed by atoms with E-state index in [0.29, 0.717) is 12.0 Å². The number of hydrogen-bond acceptors (Lipinski definition) is 4. The normalized spacial score (nSPS) is 16.4. The van der Waals surface area contributed by atoms with Gasteiger partial charge in [-0.05, 0) is 26.9 Å². The van der Waals surface area contributed by atoms with Gasteiger partial charge in [0.1, 0.15) is 0 Å². The molecule has 4 heteroatoms. The summed E-state index contributed by atoms with van der Waals surface area (Å²) in [5.74, 6) is -2.00. The molecule has 0 amide bonds. The van der Waals surface area contributed by atoms with E-state index >= 15 is 0 Å². The van der Waals surface area contributed by atoms with Crippen LogP contribution in [0.5, 0.6) is 0 Å². The van der Waals surface area contributed by atoms with E-state index in [1.807, 2.05) is 20.8 Å². The van der Waals surface area contributed by atoms with Gasteiger partial charge in [-0.3, -0.25) is 4.90 Å².